The number of fused-ring (bicyclic) bond motifs is 1. The van der Waals surface area contributed by atoms with Gasteiger partial charge in [-0.1, -0.05) is 26.0 Å². The number of benzene rings is 3. The van der Waals surface area contributed by atoms with Crippen molar-refractivity contribution in [2.45, 2.75) is 26.8 Å². The summed E-state index contributed by atoms with van der Waals surface area (Å²) in [5.74, 6) is -2.71. The van der Waals surface area contributed by atoms with Gasteiger partial charge in [0.2, 0.25) is 0 Å². The quantitative estimate of drug-likeness (QED) is 0.343. The van der Waals surface area contributed by atoms with Gasteiger partial charge in [0.25, 0.3) is 5.56 Å². The smallest absolute Gasteiger partial charge is 0.309 e. The Hall–Kier alpha value is -4.14. The molecule has 6 nitrogen and oxygen atoms in total. The van der Waals surface area contributed by atoms with Gasteiger partial charge in [0, 0.05) is 17.7 Å². The summed E-state index contributed by atoms with van der Waals surface area (Å²) in [6.45, 7) is 3.71. The Labute approximate surface area is 199 Å². The number of ether oxygens (including phenoxy) is 2. The van der Waals surface area contributed by atoms with Gasteiger partial charge in [-0.25, -0.2) is 13.2 Å². The lowest BCUT2D eigenvalue weighted by Gasteiger charge is -2.13. The molecule has 0 aliphatic carbocycles. The summed E-state index contributed by atoms with van der Waals surface area (Å²) in [7, 11) is 1.30. The first-order chi connectivity index (χ1) is 16.8. The van der Waals surface area contributed by atoms with Gasteiger partial charge < -0.3 is 14.0 Å². The van der Waals surface area contributed by atoms with Crippen molar-refractivity contribution < 1.29 is 27.4 Å². The molecule has 0 saturated carbocycles. The summed E-state index contributed by atoms with van der Waals surface area (Å²) < 4.78 is 53.3. The van der Waals surface area contributed by atoms with Gasteiger partial charge in [-0.3, -0.25) is 9.59 Å². The van der Waals surface area contributed by atoms with Crippen molar-refractivity contribution in [3.05, 3.63) is 99.9 Å². The molecule has 4 rings (SSSR count). The molecule has 0 spiro atoms. The van der Waals surface area contributed by atoms with E-state index in [9.17, 15) is 22.8 Å². The lowest BCUT2D eigenvalue weighted by molar-refractivity contribution is -0.139. The number of esters is 1. The van der Waals surface area contributed by atoms with Crippen LogP contribution in [0.25, 0.3) is 10.9 Å². The molecule has 35 heavy (non-hydrogen) atoms. The molecule has 0 fully saturated rings. The standard InChI is InChI=1S/C24H17F3N2O4.C2H6/c1-32-23(30)8-14-3-2-4-16(7-14)33-17-5-6-22-18(11-17)24(31)28-13-29(22)12-19-20(26)9-15(25)10-21(19)27;1-2/h2-7,9-11,13H,8,12H2,1H3;1-2H3. The molecule has 0 aliphatic heterocycles. The van der Waals surface area contributed by atoms with Crippen LogP contribution in [0.2, 0.25) is 0 Å². The van der Waals surface area contributed by atoms with Crippen molar-refractivity contribution in [1.29, 1.82) is 0 Å². The molecule has 0 bridgehead atoms. The summed E-state index contributed by atoms with van der Waals surface area (Å²) in [6.07, 6.45) is 1.25. The lowest BCUT2D eigenvalue weighted by atomic mass is 10.1. The second-order valence-electron chi connectivity index (χ2n) is 7.21. The van der Waals surface area contributed by atoms with E-state index in [0.717, 1.165) is 0 Å². The Bertz CT molecular complexity index is 1400. The third-order valence-corrected chi connectivity index (χ3v) is 4.97. The summed E-state index contributed by atoms with van der Waals surface area (Å²) in [4.78, 5) is 27.6. The van der Waals surface area contributed by atoms with Gasteiger partial charge in [-0.05, 0) is 35.9 Å². The highest BCUT2D eigenvalue weighted by Gasteiger charge is 2.14. The van der Waals surface area contributed by atoms with E-state index < -0.39 is 29.0 Å². The van der Waals surface area contributed by atoms with Crippen LogP contribution in [0, 0.1) is 17.5 Å². The molecular formula is C26H23F3N2O4. The van der Waals surface area contributed by atoms with Gasteiger partial charge in [0.15, 0.2) is 0 Å². The second-order valence-corrected chi connectivity index (χ2v) is 7.21. The first kappa shape index (κ1) is 25.5. The number of nitrogens with zero attached hydrogens (tertiary/aromatic N) is 2. The molecule has 1 aromatic heterocycles. The Morgan fingerprint density at radius 3 is 2.34 bits per heavy atom. The molecule has 3 aromatic carbocycles. The van der Waals surface area contributed by atoms with Crippen LogP contribution in [0.5, 0.6) is 11.5 Å². The minimum atomic E-state index is -1.04. The normalized spacial score (nSPS) is 10.5. The highest BCUT2D eigenvalue weighted by Crippen LogP contribution is 2.26. The fourth-order valence-electron chi connectivity index (χ4n) is 3.37. The van der Waals surface area contributed by atoms with E-state index in [0.29, 0.717) is 34.7 Å². The van der Waals surface area contributed by atoms with Crippen LogP contribution in [0.15, 0.2) is 65.7 Å². The monoisotopic (exact) mass is 484 g/mol. The minimum absolute atomic E-state index is 0.0799. The molecule has 0 atom stereocenters. The topological polar surface area (TPSA) is 70.4 Å². The Morgan fingerprint density at radius 2 is 1.66 bits per heavy atom. The molecule has 9 heteroatoms. The summed E-state index contributed by atoms with van der Waals surface area (Å²) in [5.41, 5.74) is 0.148. The zero-order valence-corrected chi connectivity index (χ0v) is 19.3. The van der Waals surface area contributed by atoms with E-state index in [2.05, 4.69) is 9.72 Å². The van der Waals surface area contributed by atoms with E-state index in [1.165, 1.54) is 24.1 Å². The van der Waals surface area contributed by atoms with E-state index in [1.54, 1.807) is 36.4 Å². The first-order valence-corrected chi connectivity index (χ1v) is 10.8. The number of rotatable bonds is 6. The van der Waals surface area contributed by atoms with E-state index >= 15 is 0 Å². The van der Waals surface area contributed by atoms with Crippen molar-refractivity contribution >= 4 is 16.9 Å². The van der Waals surface area contributed by atoms with Crippen molar-refractivity contribution in [1.82, 2.24) is 9.55 Å². The van der Waals surface area contributed by atoms with Gasteiger partial charge in [0.05, 0.1) is 37.3 Å². The largest absolute Gasteiger partial charge is 0.469 e. The van der Waals surface area contributed by atoms with Crippen LogP contribution in [-0.2, 0) is 22.5 Å². The van der Waals surface area contributed by atoms with Crippen molar-refractivity contribution in [3.63, 3.8) is 0 Å². The number of carbonyl (C=O) groups excluding carboxylic acids is 1. The highest BCUT2D eigenvalue weighted by molar-refractivity contribution is 5.79. The fourth-order valence-corrected chi connectivity index (χ4v) is 3.37. The van der Waals surface area contributed by atoms with Crippen LogP contribution in [-0.4, -0.2) is 22.6 Å². The van der Waals surface area contributed by atoms with E-state index in [1.807, 2.05) is 13.8 Å². The third-order valence-electron chi connectivity index (χ3n) is 4.97. The van der Waals surface area contributed by atoms with Crippen molar-refractivity contribution in [2.75, 3.05) is 7.11 Å². The maximum absolute atomic E-state index is 14.1. The van der Waals surface area contributed by atoms with Crippen LogP contribution in [0.4, 0.5) is 13.2 Å². The number of hydrogen-bond donors (Lipinski definition) is 0. The molecule has 0 aliphatic rings. The SMILES string of the molecule is CC.COC(=O)Cc1cccc(Oc2ccc3c(c2)c(=O)ncn3Cc2c(F)cc(F)cc2F)c1. The molecule has 182 valence electrons. The van der Waals surface area contributed by atoms with Crippen molar-refractivity contribution in [3.8, 4) is 11.5 Å². The lowest BCUT2D eigenvalue weighted by Crippen LogP contribution is -2.14. The molecule has 0 saturated heterocycles. The second kappa shape index (κ2) is 11.3. The molecule has 4 aromatic rings. The fraction of sp³-hybridized carbons (Fsp3) is 0.192. The number of aromatic nitrogens is 2. The average Bonchev–Trinajstić information content (AvgIpc) is 2.84. The van der Waals surface area contributed by atoms with Crippen molar-refractivity contribution in [2.24, 2.45) is 0 Å². The zero-order chi connectivity index (χ0) is 25.5. The number of hydrogen-bond acceptors (Lipinski definition) is 5. The summed E-state index contributed by atoms with van der Waals surface area (Å²) in [6, 6.07) is 12.6. The van der Waals surface area contributed by atoms with Crippen LogP contribution >= 0.6 is 0 Å². The van der Waals surface area contributed by atoms with Gasteiger partial charge in [-0.15, -0.1) is 0 Å². The molecule has 0 amide bonds. The van der Waals surface area contributed by atoms with Gasteiger partial charge in [-0.2, -0.15) is 4.98 Å². The predicted octanol–water partition coefficient (Wildman–Crippen LogP) is 5.40. The summed E-state index contributed by atoms with van der Waals surface area (Å²) in [5, 5.41) is 0.170. The number of carbonyl (C=O) groups is 1. The average molecular weight is 484 g/mol. The van der Waals surface area contributed by atoms with E-state index in [-0.39, 0.29) is 23.9 Å². The Balaban J connectivity index is 0.00000167. The third kappa shape index (κ3) is 6.06. The van der Waals surface area contributed by atoms with Gasteiger partial charge >= 0.3 is 5.97 Å². The maximum atomic E-state index is 14.1. The maximum Gasteiger partial charge on any atom is 0.309 e. The van der Waals surface area contributed by atoms with Gasteiger partial charge in [0.1, 0.15) is 29.0 Å². The van der Waals surface area contributed by atoms with E-state index in [4.69, 9.17) is 4.74 Å². The van der Waals surface area contributed by atoms with Crippen LogP contribution < -0.4 is 10.3 Å². The minimum Gasteiger partial charge on any atom is -0.469 e. The molecule has 0 radical (unpaired) electrons. The highest BCUT2D eigenvalue weighted by atomic mass is 19.1. The Morgan fingerprint density at radius 1 is 0.971 bits per heavy atom. The van der Waals surface area contributed by atoms with Crippen LogP contribution in [0.3, 0.4) is 0 Å². The summed E-state index contributed by atoms with van der Waals surface area (Å²) >= 11 is 0. The zero-order valence-electron chi connectivity index (χ0n) is 19.3. The van der Waals surface area contributed by atoms with Crippen LogP contribution in [0.1, 0.15) is 25.0 Å². The first-order valence-electron chi connectivity index (χ1n) is 10.8. The predicted molar refractivity (Wildman–Crippen MR) is 125 cm³/mol. The number of methoxy groups -OCH3 is 1. The molecule has 1 heterocycles. The molecule has 0 N–H and O–H groups in total. The Kier molecular flexibility index (Phi) is 8.25. The molecular weight excluding hydrogens is 461 g/mol. The molecule has 0 unspecified atom stereocenters. The number of halogens is 3.